The van der Waals surface area contributed by atoms with Crippen molar-refractivity contribution in [3.8, 4) is 0 Å². The van der Waals surface area contributed by atoms with E-state index in [9.17, 15) is 9.59 Å². The maximum absolute atomic E-state index is 12.7. The molecule has 0 saturated carbocycles. The van der Waals surface area contributed by atoms with Crippen LogP contribution >= 0.6 is 23.2 Å². The van der Waals surface area contributed by atoms with Crippen molar-refractivity contribution in [3.05, 3.63) is 69.2 Å². The molecule has 2 heterocycles. The first-order valence-electron chi connectivity index (χ1n) is 10.0. The van der Waals surface area contributed by atoms with Crippen LogP contribution < -0.4 is 16.1 Å². The summed E-state index contributed by atoms with van der Waals surface area (Å²) in [5, 5.41) is 11.3. The molecule has 2 aliphatic heterocycles. The number of benzene rings is 2. The van der Waals surface area contributed by atoms with Crippen LogP contribution in [0, 0.1) is 5.92 Å². The molecule has 1 fully saturated rings. The molecular formula is C22H22Cl2N4O3. The number of halogens is 2. The predicted octanol–water partition coefficient (Wildman–Crippen LogP) is 2.92. The lowest BCUT2D eigenvalue weighted by Gasteiger charge is -2.25. The molecule has 7 nitrogen and oxygen atoms in total. The van der Waals surface area contributed by atoms with Crippen LogP contribution in [-0.4, -0.2) is 43.8 Å². The van der Waals surface area contributed by atoms with Crippen molar-refractivity contribution in [2.75, 3.05) is 26.2 Å². The molecule has 1 saturated heterocycles. The van der Waals surface area contributed by atoms with Gasteiger partial charge in [-0.3, -0.25) is 9.59 Å². The predicted molar refractivity (Wildman–Crippen MR) is 120 cm³/mol. The van der Waals surface area contributed by atoms with Crippen LogP contribution in [0.25, 0.3) is 0 Å². The van der Waals surface area contributed by atoms with E-state index in [1.807, 2.05) is 12.1 Å². The zero-order valence-electron chi connectivity index (χ0n) is 16.7. The Balaban J connectivity index is 1.41. The van der Waals surface area contributed by atoms with Crippen molar-refractivity contribution in [3.63, 3.8) is 0 Å². The normalized spacial score (nSPS) is 21.2. The molecule has 9 heteroatoms. The largest absolute Gasteiger partial charge is 0.372 e. The van der Waals surface area contributed by atoms with Crippen molar-refractivity contribution in [2.45, 2.75) is 12.5 Å². The maximum Gasteiger partial charge on any atom is 0.251 e. The molecule has 2 aromatic rings. The lowest BCUT2D eigenvalue weighted by atomic mass is 9.95. The third-order valence-electron chi connectivity index (χ3n) is 5.33. The third-order valence-corrected chi connectivity index (χ3v) is 6.07. The summed E-state index contributed by atoms with van der Waals surface area (Å²) < 4.78 is 6.05. The number of nitrogens with zero attached hydrogens (tertiary/aromatic N) is 1. The quantitative estimate of drug-likeness (QED) is 0.639. The van der Waals surface area contributed by atoms with Crippen LogP contribution in [0.4, 0.5) is 0 Å². The van der Waals surface area contributed by atoms with E-state index in [2.05, 4.69) is 21.2 Å². The summed E-state index contributed by atoms with van der Waals surface area (Å²) in [6.07, 6.45) is 0.0360. The minimum atomic E-state index is -0.210. The zero-order chi connectivity index (χ0) is 21.8. The van der Waals surface area contributed by atoms with Gasteiger partial charge in [-0.15, -0.1) is 0 Å². The number of rotatable bonds is 5. The van der Waals surface area contributed by atoms with Crippen LogP contribution in [0.5, 0.6) is 0 Å². The Morgan fingerprint density at radius 2 is 1.97 bits per heavy atom. The molecule has 2 atom stereocenters. The van der Waals surface area contributed by atoms with Crippen molar-refractivity contribution >= 4 is 40.7 Å². The van der Waals surface area contributed by atoms with E-state index in [1.165, 1.54) is 0 Å². The topological polar surface area (TPSA) is 91.8 Å². The van der Waals surface area contributed by atoms with Gasteiger partial charge in [0.1, 0.15) is 0 Å². The first-order chi connectivity index (χ1) is 15.0. The van der Waals surface area contributed by atoms with Gasteiger partial charge in [0.2, 0.25) is 5.91 Å². The van der Waals surface area contributed by atoms with E-state index in [1.54, 1.807) is 30.3 Å². The molecule has 31 heavy (non-hydrogen) atoms. The number of nitrogens with one attached hydrogen (secondary N) is 3. The van der Waals surface area contributed by atoms with Crippen LogP contribution in [0.3, 0.4) is 0 Å². The number of amides is 2. The molecule has 2 amide bonds. The molecular weight excluding hydrogens is 439 g/mol. The molecule has 0 aromatic heterocycles. The number of carbonyl (C=O) groups is 2. The second kappa shape index (κ2) is 9.78. The van der Waals surface area contributed by atoms with Crippen LogP contribution in [0.1, 0.15) is 34.0 Å². The Bertz CT molecular complexity index is 1010. The SMILES string of the molecule is O=C1CC(c2ccc(C(=O)NC[C@@H]3CNCCO[C@H]3c3ccc(Cl)c(Cl)c3)cc2)=NN1. The first kappa shape index (κ1) is 21.8. The lowest BCUT2D eigenvalue weighted by molar-refractivity contribution is -0.119. The van der Waals surface area contributed by atoms with E-state index in [0.29, 0.717) is 41.0 Å². The average molecular weight is 461 g/mol. The Labute approximate surface area is 190 Å². The van der Waals surface area contributed by atoms with Crippen molar-refractivity contribution in [1.82, 2.24) is 16.1 Å². The standard InChI is InChI=1S/C22H22Cl2N4O3/c23-17-6-5-15(9-18(17)24)21-16(11-25-7-8-31-21)12-26-22(30)14-3-1-13(2-4-14)19-10-20(29)28-27-19/h1-6,9,16,21,25H,7-8,10-12H2,(H,26,30)(H,28,29)/t16-,21-/m0/s1. The minimum Gasteiger partial charge on any atom is -0.372 e. The minimum absolute atomic E-state index is 0.0212. The van der Waals surface area contributed by atoms with Gasteiger partial charge in [0.15, 0.2) is 0 Å². The number of ether oxygens (including phenoxy) is 1. The number of hydrazone groups is 1. The number of carbonyl (C=O) groups excluding carboxylic acids is 2. The Morgan fingerprint density at radius 3 is 2.68 bits per heavy atom. The van der Waals surface area contributed by atoms with Crippen molar-refractivity contribution in [2.24, 2.45) is 11.0 Å². The smallest absolute Gasteiger partial charge is 0.251 e. The van der Waals surface area contributed by atoms with E-state index in [0.717, 1.165) is 17.7 Å². The van der Waals surface area contributed by atoms with Crippen LogP contribution in [-0.2, 0) is 9.53 Å². The molecule has 0 aliphatic carbocycles. The van der Waals surface area contributed by atoms with E-state index >= 15 is 0 Å². The second-order valence-electron chi connectivity index (χ2n) is 7.49. The average Bonchev–Trinajstić information content (AvgIpc) is 3.07. The highest BCUT2D eigenvalue weighted by molar-refractivity contribution is 6.42. The number of hydrogen-bond donors (Lipinski definition) is 3. The van der Waals surface area contributed by atoms with Gasteiger partial charge in [-0.25, -0.2) is 5.43 Å². The highest BCUT2D eigenvalue weighted by atomic mass is 35.5. The Hall–Kier alpha value is -2.45. The Morgan fingerprint density at radius 1 is 1.16 bits per heavy atom. The second-order valence-corrected chi connectivity index (χ2v) is 8.30. The fourth-order valence-electron chi connectivity index (χ4n) is 3.69. The van der Waals surface area contributed by atoms with E-state index in [4.69, 9.17) is 27.9 Å². The van der Waals surface area contributed by atoms with Gasteiger partial charge >= 0.3 is 0 Å². The summed E-state index contributed by atoms with van der Waals surface area (Å²) in [7, 11) is 0. The monoisotopic (exact) mass is 460 g/mol. The molecule has 3 N–H and O–H groups in total. The fourth-order valence-corrected chi connectivity index (χ4v) is 4.00. The van der Waals surface area contributed by atoms with Crippen LogP contribution in [0.15, 0.2) is 47.6 Å². The van der Waals surface area contributed by atoms with Gasteiger partial charge in [0.05, 0.1) is 34.9 Å². The third kappa shape index (κ3) is 5.25. The van der Waals surface area contributed by atoms with Crippen molar-refractivity contribution in [1.29, 1.82) is 0 Å². The number of hydrogen-bond acceptors (Lipinski definition) is 5. The van der Waals surface area contributed by atoms with Crippen LogP contribution in [0.2, 0.25) is 10.0 Å². The van der Waals surface area contributed by atoms with Gasteiger partial charge in [-0.05, 0) is 35.4 Å². The summed E-state index contributed by atoms with van der Waals surface area (Å²) in [6, 6.07) is 12.5. The fraction of sp³-hybridized carbons (Fsp3) is 0.318. The van der Waals surface area contributed by atoms with Gasteiger partial charge < -0.3 is 15.4 Å². The Kier molecular flexibility index (Phi) is 6.87. The molecule has 162 valence electrons. The first-order valence-corrected chi connectivity index (χ1v) is 10.8. The molecule has 2 aliphatic rings. The molecule has 0 bridgehead atoms. The maximum atomic E-state index is 12.7. The molecule has 4 rings (SSSR count). The van der Waals surface area contributed by atoms with Crippen molar-refractivity contribution < 1.29 is 14.3 Å². The van der Waals surface area contributed by atoms with E-state index in [-0.39, 0.29) is 30.3 Å². The molecule has 2 aromatic carbocycles. The summed E-state index contributed by atoms with van der Waals surface area (Å²) in [5.41, 5.74) is 5.38. The summed E-state index contributed by atoms with van der Waals surface area (Å²) in [5.74, 6) is -0.285. The van der Waals surface area contributed by atoms with Gasteiger partial charge in [0.25, 0.3) is 5.91 Å². The molecule has 0 radical (unpaired) electrons. The highest BCUT2D eigenvalue weighted by Gasteiger charge is 2.27. The highest BCUT2D eigenvalue weighted by Crippen LogP contribution is 2.32. The van der Waals surface area contributed by atoms with Gasteiger partial charge in [-0.1, -0.05) is 41.4 Å². The summed E-state index contributed by atoms with van der Waals surface area (Å²) in [4.78, 5) is 24.0. The van der Waals surface area contributed by atoms with Gasteiger partial charge in [0, 0.05) is 31.1 Å². The lowest BCUT2D eigenvalue weighted by Crippen LogP contribution is -2.36. The summed E-state index contributed by atoms with van der Waals surface area (Å²) in [6.45, 7) is 2.44. The molecule has 0 spiro atoms. The molecule has 0 unspecified atom stereocenters. The summed E-state index contributed by atoms with van der Waals surface area (Å²) >= 11 is 12.2. The van der Waals surface area contributed by atoms with Gasteiger partial charge in [-0.2, -0.15) is 5.10 Å². The van der Waals surface area contributed by atoms with E-state index < -0.39 is 0 Å². The zero-order valence-corrected chi connectivity index (χ0v) is 18.2.